The molecule has 0 N–H and O–H groups in total. The second kappa shape index (κ2) is 6.57. The van der Waals surface area contributed by atoms with Gasteiger partial charge in [0.15, 0.2) is 0 Å². The van der Waals surface area contributed by atoms with E-state index in [0.717, 1.165) is 37.6 Å². The fourth-order valence-electron chi connectivity index (χ4n) is 3.48. The number of carbonyl (C=O) groups is 1. The Labute approximate surface area is 137 Å². The van der Waals surface area contributed by atoms with Crippen molar-refractivity contribution in [1.29, 1.82) is 0 Å². The maximum absolute atomic E-state index is 11.9. The molecule has 0 aliphatic carbocycles. The number of carbonyl (C=O) groups excluding carboxylic acids is 1. The second-order valence-corrected chi connectivity index (χ2v) is 6.68. The maximum atomic E-state index is 11.9. The molecule has 0 aromatic heterocycles. The molecule has 0 radical (unpaired) electrons. The van der Waals surface area contributed by atoms with Crippen molar-refractivity contribution in [3.05, 3.63) is 34.9 Å². The van der Waals surface area contributed by atoms with Crippen LogP contribution in [0.4, 0.5) is 0 Å². The molecule has 2 saturated heterocycles. The highest BCUT2D eigenvalue weighted by Gasteiger charge is 2.38. The summed E-state index contributed by atoms with van der Waals surface area (Å²) in [6, 6.07) is 8.28. The Morgan fingerprint density at radius 1 is 1.23 bits per heavy atom. The van der Waals surface area contributed by atoms with Crippen molar-refractivity contribution in [2.75, 3.05) is 26.2 Å². The Hall–Kier alpha value is -1.10. The summed E-state index contributed by atoms with van der Waals surface area (Å²) < 4.78 is 5.27. The van der Waals surface area contributed by atoms with Crippen LogP contribution >= 0.6 is 11.6 Å². The van der Waals surface area contributed by atoms with Crippen LogP contribution in [0.2, 0.25) is 5.02 Å². The highest BCUT2D eigenvalue weighted by Crippen LogP contribution is 2.29. The Morgan fingerprint density at radius 2 is 1.91 bits per heavy atom. The summed E-state index contributed by atoms with van der Waals surface area (Å²) in [6.45, 7) is 7.87. The predicted octanol–water partition coefficient (Wildman–Crippen LogP) is 2.72. The molecule has 3 rings (SSSR count). The summed E-state index contributed by atoms with van der Waals surface area (Å²) in [5.74, 6) is -0.0555. The molecule has 3 unspecified atom stereocenters. The molecule has 1 aromatic carbocycles. The number of piperazine rings is 1. The smallest absolute Gasteiger partial charge is 0.323 e. The minimum absolute atomic E-state index is 0.0484. The van der Waals surface area contributed by atoms with E-state index in [1.807, 2.05) is 25.1 Å². The highest BCUT2D eigenvalue weighted by molar-refractivity contribution is 6.31. The van der Waals surface area contributed by atoms with E-state index in [-0.39, 0.29) is 18.1 Å². The summed E-state index contributed by atoms with van der Waals surface area (Å²) in [5.41, 5.74) is 1.17. The number of benzene rings is 1. The monoisotopic (exact) mass is 322 g/mol. The van der Waals surface area contributed by atoms with Gasteiger partial charge in [0.1, 0.15) is 12.1 Å². The van der Waals surface area contributed by atoms with E-state index in [4.69, 9.17) is 16.3 Å². The van der Waals surface area contributed by atoms with Crippen LogP contribution in [0.1, 0.15) is 31.9 Å². The molecule has 4 nitrogen and oxygen atoms in total. The minimum Gasteiger partial charge on any atom is -0.461 e. The summed E-state index contributed by atoms with van der Waals surface area (Å²) in [6.07, 6.45) is 0.872. The molecule has 0 spiro atoms. The van der Waals surface area contributed by atoms with Gasteiger partial charge in [-0.2, -0.15) is 0 Å². The third-order valence-electron chi connectivity index (χ3n) is 4.84. The van der Waals surface area contributed by atoms with Gasteiger partial charge < -0.3 is 4.74 Å². The Balaban J connectivity index is 1.60. The van der Waals surface area contributed by atoms with Crippen LogP contribution in [0.15, 0.2) is 24.3 Å². The first-order valence-electron chi connectivity index (χ1n) is 7.99. The number of esters is 1. The molecule has 0 amide bonds. The number of hydrogen-bond acceptors (Lipinski definition) is 4. The number of hydrogen-bond donors (Lipinski definition) is 0. The Bertz CT molecular complexity index is 543. The third kappa shape index (κ3) is 3.14. The molecule has 22 heavy (non-hydrogen) atoms. The van der Waals surface area contributed by atoms with Crippen molar-refractivity contribution < 1.29 is 9.53 Å². The fourth-order valence-corrected chi connectivity index (χ4v) is 3.77. The van der Waals surface area contributed by atoms with Gasteiger partial charge in [-0.25, -0.2) is 0 Å². The zero-order chi connectivity index (χ0) is 15.7. The number of halogens is 1. The van der Waals surface area contributed by atoms with Crippen LogP contribution in [-0.4, -0.2) is 54.1 Å². The lowest BCUT2D eigenvalue weighted by Gasteiger charge is -2.39. The first kappa shape index (κ1) is 15.8. The quantitative estimate of drug-likeness (QED) is 0.801. The van der Waals surface area contributed by atoms with Crippen LogP contribution < -0.4 is 0 Å². The lowest BCUT2D eigenvalue weighted by molar-refractivity contribution is -0.145. The van der Waals surface area contributed by atoms with Gasteiger partial charge in [-0.05, 0) is 25.5 Å². The number of rotatable bonds is 3. The molecule has 2 fully saturated rings. The molecule has 2 aliphatic rings. The summed E-state index contributed by atoms with van der Waals surface area (Å²) in [5, 5.41) is 0.825. The van der Waals surface area contributed by atoms with Gasteiger partial charge in [-0.1, -0.05) is 29.8 Å². The Morgan fingerprint density at radius 3 is 2.50 bits per heavy atom. The van der Waals surface area contributed by atoms with Crippen LogP contribution in [-0.2, 0) is 9.53 Å². The van der Waals surface area contributed by atoms with Crippen molar-refractivity contribution >= 4 is 17.6 Å². The van der Waals surface area contributed by atoms with Gasteiger partial charge in [0.05, 0.1) is 0 Å². The molecule has 2 heterocycles. The van der Waals surface area contributed by atoms with Gasteiger partial charge in [0.25, 0.3) is 0 Å². The topological polar surface area (TPSA) is 32.8 Å². The predicted molar refractivity (Wildman–Crippen MR) is 87.0 cm³/mol. The zero-order valence-electron chi connectivity index (χ0n) is 13.2. The molecular formula is C17H23ClN2O2. The normalized spacial score (nSPS) is 28.6. The lowest BCUT2D eigenvalue weighted by atomic mass is 10.1. The average molecular weight is 323 g/mol. The van der Waals surface area contributed by atoms with E-state index in [2.05, 4.69) is 22.8 Å². The molecule has 0 saturated carbocycles. The van der Waals surface area contributed by atoms with E-state index in [1.165, 1.54) is 5.56 Å². The molecule has 2 aliphatic heterocycles. The maximum Gasteiger partial charge on any atom is 0.323 e. The number of ether oxygens (including phenoxy) is 1. The molecule has 0 bridgehead atoms. The van der Waals surface area contributed by atoms with E-state index in [1.54, 1.807) is 0 Å². The van der Waals surface area contributed by atoms with Crippen LogP contribution in [0.25, 0.3) is 0 Å². The fraction of sp³-hybridized carbons (Fsp3) is 0.588. The van der Waals surface area contributed by atoms with Crippen molar-refractivity contribution in [2.24, 2.45) is 0 Å². The Kier molecular flexibility index (Phi) is 4.71. The number of nitrogens with zero attached hydrogens (tertiary/aromatic N) is 2. The second-order valence-electron chi connectivity index (χ2n) is 6.27. The van der Waals surface area contributed by atoms with Crippen molar-refractivity contribution in [1.82, 2.24) is 9.80 Å². The highest BCUT2D eigenvalue weighted by atomic mass is 35.5. The molecular weight excluding hydrogens is 300 g/mol. The van der Waals surface area contributed by atoms with Gasteiger partial charge in [-0.3, -0.25) is 14.6 Å². The first-order valence-corrected chi connectivity index (χ1v) is 8.37. The largest absolute Gasteiger partial charge is 0.461 e. The lowest BCUT2D eigenvalue weighted by Crippen LogP contribution is -2.52. The van der Waals surface area contributed by atoms with Crippen LogP contribution in [0, 0.1) is 0 Å². The van der Waals surface area contributed by atoms with Gasteiger partial charge in [-0.15, -0.1) is 0 Å². The molecule has 5 heteroatoms. The third-order valence-corrected chi connectivity index (χ3v) is 5.18. The summed E-state index contributed by atoms with van der Waals surface area (Å²) in [4.78, 5) is 16.6. The van der Waals surface area contributed by atoms with Crippen molar-refractivity contribution in [3.8, 4) is 0 Å². The van der Waals surface area contributed by atoms with Gasteiger partial charge in [0.2, 0.25) is 0 Å². The van der Waals surface area contributed by atoms with Gasteiger partial charge in [0, 0.05) is 43.7 Å². The molecule has 3 atom stereocenters. The van der Waals surface area contributed by atoms with Crippen LogP contribution in [0.5, 0.6) is 0 Å². The van der Waals surface area contributed by atoms with E-state index in [0.29, 0.717) is 6.04 Å². The average Bonchev–Trinajstić information content (AvgIpc) is 2.86. The van der Waals surface area contributed by atoms with Crippen molar-refractivity contribution in [2.45, 2.75) is 38.5 Å². The SMILES string of the molecule is CC1CC(N2CCN(C(C)c3ccccc3Cl)CC2)C(=O)O1. The minimum atomic E-state index is -0.0555. The van der Waals surface area contributed by atoms with Crippen LogP contribution in [0.3, 0.4) is 0 Å². The van der Waals surface area contributed by atoms with Crippen molar-refractivity contribution in [3.63, 3.8) is 0 Å². The summed E-state index contributed by atoms with van der Waals surface area (Å²) in [7, 11) is 0. The zero-order valence-corrected chi connectivity index (χ0v) is 13.9. The summed E-state index contributed by atoms with van der Waals surface area (Å²) >= 11 is 6.31. The van der Waals surface area contributed by atoms with E-state index < -0.39 is 0 Å². The van der Waals surface area contributed by atoms with E-state index >= 15 is 0 Å². The number of cyclic esters (lactones) is 1. The molecule has 1 aromatic rings. The first-order chi connectivity index (χ1) is 10.6. The van der Waals surface area contributed by atoms with Gasteiger partial charge >= 0.3 is 5.97 Å². The van der Waals surface area contributed by atoms with E-state index in [9.17, 15) is 4.79 Å². The molecule has 120 valence electrons. The standard InChI is InChI=1S/C17H23ClN2O2/c1-12-11-16(17(21)22-12)20-9-7-19(8-10-20)13(2)14-5-3-4-6-15(14)18/h3-6,12-13,16H,7-11H2,1-2H3.